The van der Waals surface area contributed by atoms with Gasteiger partial charge in [-0.25, -0.2) is 9.79 Å². The van der Waals surface area contributed by atoms with Gasteiger partial charge >= 0.3 is 5.97 Å². The Morgan fingerprint density at radius 2 is 1.72 bits per heavy atom. The maximum absolute atomic E-state index is 14.4. The number of ether oxygens (including phenoxy) is 2. The van der Waals surface area contributed by atoms with Crippen LogP contribution in [-0.4, -0.2) is 34.7 Å². The smallest absolute Gasteiger partial charge is 0.338 e. The van der Waals surface area contributed by atoms with Crippen LogP contribution in [0.15, 0.2) is 130 Å². The topological polar surface area (TPSA) is 104 Å². The molecule has 10 heteroatoms. The highest BCUT2D eigenvalue weighted by atomic mass is 32.1. The number of thiazole rings is 1. The maximum Gasteiger partial charge on any atom is 0.338 e. The van der Waals surface area contributed by atoms with Gasteiger partial charge in [0.2, 0.25) is 0 Å². The maximum atomic E-state index is 14.4. The minimum absolute atomic E-state index is 0.245. The van der Waals surface area contributed by atoms with Crippen LogP contribution in [0.3, 0.4) is 0 Å². The zero-order valence-electron chi connectivity index (χ0n) is 27.8. The molecule has 3 heterocycles. The number of nitrogens with one attached hydrogen (secondary N) is 1. The van der Waals surface area contributed by atoms with Gasteiger partial charge in [0, 0.05) is 34.9 Å². The number of benzene rings is 4. The van der Waals surface area contributed by atoms with E-state index < -0.39 is 6.04 Å². The molecule has 2 aromatic heterocycles. The fraction of sp³-hybridized carbons (Fsp3) is 0.150. The molecular weight excluding hydrogens is 649 g/mol. The Bertz CT molecular complexity index is 2460. The Labute approximate surface area is 292 Å². The van der Waals surface area contributed by atoms with Crippen molar-refractivity contribution in [1.82, 2.24) is 9.13 Å². The Morgan fingerprint density at radius 3 is 2.48 bits per heavy atom. The second kappa shape index (κ2) is 13.9. The summed E-state index contributed by atoms with van der Waals surface area (Å²) in [7, 11) is 1.59. The molecule has 1 aliphatic heterocycles. The lowest BCUT2D eigenvalue weighted by Crippen LogP contribution is -2.40. The quantitative estimate of drug-likeness (QED) is 0.187. The van der Waals surface area contributed by atoms with E-state index in [1.165, 1.54) is 11.3 Å². The zero-order valence-corrected chi connectivity index (χ0v) is 28.6. The van der Waals surface area contributed by atoms with E-state index in [9.17, 15) is 14.4 Å². The van der Waals surface area contributed by atoms with E-state index >= 15 is 0 Å². The Morgan fingerprint density at radius 1 is 0.960 bits per heavy atom. The number of allylic oxidation sites excluding steroid dienone is 1. The van der Waals surface area contributed by atoms with Crippen LogP contribution in [0.1, 0.15) is 46.9 Å². The van der Waals surface area contributed by atoms with E-state index in [0.717, 1.165) is 27.6 Å². The van der Waals surface area contributed by atoms with Crippen molar-refractivity contribution in [3.63, 3.8) is 0 Å². The first-order valence-corrected chi connectivity index (χ1v) is 17.0. The molecule has 0 spiro atoms. The number of hydrogen-bond acceptors (Lipinski definition) is 7. The first kappa shape index (κ1) is 32.5. The molecule has 0 radical (unpaired) electrons. The highest BCUT2D eigenvalue weighted by Gasteiger charge is 2.33. The summed E-state index contributed by atoms with van der Waals surface area (Å²) in [4.78, 5) is 45.8. The summed E-state index contributed by atoms with van der Waals surface area (Å²) in [5, 5.41) is 3.98. The van der Waals surface area contributed by atoms with E-state index in [1.54, 1.807) is 37.7 Å². The van der Waals surface area contributed by atoms with Gasteiger partial charge in [0.25, 0.3) is 11.5 Å². The van der Waals surface area contributed by atoms with Crippen LogP contribution in [-0.2, 0) is 16.1 Å². The van der Waals surface area contributed by atoms with Gasteiger partial charge in [-0.05, 0) is 73.5 Å². The number of aromatic nitrogens is 2. The highest BCUT2D eigenvalue weighted by Crippen LogP contribution is 2.32. The van der Waals surface area contributed by atoms with Crippen LogP contribution in [0.25, 0.3) is 17.0 Å². The normalized spacial score (nSPS) is 14.3. The highest BCUT2D eigenvalue weighted by molar-refractivity contribution is 7.07. The molecule has 7 rings (SSSR count). The number of anilines is 1. The summed E-state index contributed by atoms with van der Waals surface area (Å²) in [6.07, 6.45) is 3.93. The van der Waals surface area contributed by atoms with E-state index in [4.69, 9.17) is 14.5 Å². The third-order valence-electron chi connectivity index (χ3n) is 8.63. The van der Waals surface area contributed by atoms with Crippen LogP contribution in [0.2, 0.25) is 0 Å². The van der Waals surface area contributed by atoms with E-state index in [2.05, 4.69) is 9.88 Å². The number of para-hydroxylation sites is 2. The summed E-state index contributed by atoms with van der Waals surface area (Å²) in [6, 6.07) is 31.4. The molecule has 1 aliphatic rings. The molecule has 0 aliphatic carbocycles. The van der Waals surface area contributed by atoms with Crippen molar-refractivity contribution >= 4 is 45.9 Å². The van der Waals surface area contributed by atoms with Crippen LogP contribution in [0.4, 0.5) is 5.69 Å². The van der Waals surface area contributed by atoms with Gasteiger partial charge in [-0.3, -0.25) is 14.2 Å². The predicted molar refractivity (Wildman–Crippen MR) is 195 cm³/mol. The Hall–Kier alpha value is -6.00. The van der Waals surface area contributed by atoms with Gasteiger partial charge in [-0.1, -0.05) is 72.0 Å². The van der Waals surface area contributed by atoms with Crippen LogP contribution < -0.4 is 24.9 Å². The number of rotatable bonds is 9. The average molecular weight is 683 g/mol. The number of nitrogens with zero attached hydrogens (tertiary/aromatic N) is 3. The molecule has 0 fully saturated rings. The van der Waals surface area contributed by atoms with Gasteiger partial charge in [-0.2, -0.15) is 0 Å². The second-order valence-corrected chi connectivity index (χ2v) is 12.8. The lowest BCUT2D eigenvalue weighted by molar-refractivity contribution is -0.113. The third-order valence-corrected chi connectivity index (χ3v) is 9.61. The molecule has 1 atom stereocenters. The molecule has 9 nitrogen and oxygen atoms in total. The van der Waals surface area contributed by atoms with E-state index in [-0.39, 0.29) is 17.4 Å². The van der Waals surface area contributed by atoms with Gasteiger partial charge in [0.1, 0.15) is 5.75 Å². The molecule has 0 saturated carbocycles. The number of carbonyl (C=O) groups excluding carboxylic acids is 2. The molecular formula is C40H34N4O5S. The zero-order chi connectivity index (χ0) is 34.8. The molecule has 0 unspecified atom stereocenters. The van der Waals surface area contributed by atoms with Gasteiger partial charge in [0.05, 0.1) is 41.1 Å². The number of carbonyl (C=O) groups is 2. The molecule has 0 bridgehead atoms. The van der Waals surface area contributed by atoms with E-state index in [0.29, 0.717) is 50.8 Å². The largest absolute Gasteiger partial charge is 0.497 e. The Kier molecular flexibility index (Phi) is 9.02. The minimum Gasteiger partial charge on any atom is -0.497 e. The lowest BCUT2D eigenvalue weighted by atomic mass is 9.95. The first-order valence-electron chi connectivity index (χ1n) is 16.2. The Balaban J connectivity index is 1.31. The van der Waals surface area contributed by atoms with Crippen molar-refractivity contribution in [3.8, 4) is 5.75 Å². The fourth-order valence-corrected chi connectivity index (χ4v) is 7.32. The molecule has 6 aromatic rings. The summed E-state index contributed by atoms with van der Waals surface area (Å²) >= 11 is 1.29. The second-order valence-electron chi connectivity index (χ2n) is 11.8. The van der Waals surface area contributed by atoms with E-state index in [1.807, 2.05) is 103 Å². The standard InChI is InChI=1S/C40H34N4O5S/c1-4-49-39(47)27-19-17-26(18-20-27)23-43-24-29(32-15-8-9-16-33(32)43)22-34-38(46)44-36(28-11-10-14-31(21-28)48-3)35(25(2)41-40(44)50-34)37(45)42-30-12-6-5-7-13-30/h5-22,24,36H,4,23H2,1-3H3,(H,42,45)/b34-22-/t36-/m0/s1. The number of methoxy groups -OCH3 is 1. The molecule has 50 heavy (non-hydrogen) atoms. The number of fused-ring (bicyclic) bond motifs is 2. The molecule has 0 saturated heterocycles. The summed E-state index contributed by atoms with van der Waals surface area (Å²) < 4.78 is 14.9. The van der Waals surface area contributed by atoms with Crippen molar-refractivity contribution in [1.29, 1.82) is 0 Å². The van der Waals surface area contributed by atoms with Crippen molar-refractivity contribution in [2.24, 2.45) is 4.99 Å². The predicted octanol–water partition coefficient (Wildman–Crippen LogP) is 6.06. The van der Waals surface area contributed by atoms with Crippen LogP contribution in [0, 0.1) is 0 Å². The molecule has 1 amide bonds. The number of esters is 1. The van der Waals surface area contributed by atoms with Gasteiger partial charge < -0.3 is 19.4 Å². The van der Waals surface area contributed by atoms with Crippen molar-refractivity contribution in [3.05, 3.63) is 163 Å². The van der Waals surface area contributed by atoms with Crippen molar-refractivity contribution in [2.75, 3.05) is 19.0 Å². The molecule has 4 aromatic carbocycles. The molecule has 1 N–H and O–H groups in total. The summed E-state index contributed by atoms with van der Waals surface area (Å²) in [5.41, 5.74) is 5.45. The fourth-order valence-electron chi connectivity index (χ4n) is 6.28. The third kappa shape index (κ3) is 6.28. The molecule has 250 valence electrons. The lowest BCUT2D eigenvalue weighted by Gasteiger charge is -2.25. The van der Waals surface area contributed by atoms with Crippen molar-refractivity contribution < 1.29 is 19.1 Å². The number of hydrogen-bond donors (Lipinski definition) is 1. The van der Waals surface area contributed by atoms with Crippen LogP contribution >= 0.6 is 11.3 Å². The van der Waals surface area contributed by atoms with Crippen LogP contribution in [0.5, 0.6) is 5.75 Å². The summed E-state index contributed by atoms with van der Waals surface area (Å²) in [6.45, 7) is 4.47. The first-order chi connectivity index (χ1) is 24.3. The minimum atomic E-state index is -0.730. The monoisotopic (exact) mass is 682 g/mol. The van der Waals surface area contributed by atoms with Crippen molar-refractivity contribution in [2.45, 2.75) is 26.4 Å². The summed E-state index contributed by atoms with van der Waals surface area (Å²) in [5.74, 6) is -0.0645. The van der Waals surface area contributed by atoms with Gasteiger partial charge in [-0.15, -0.1) is 0 Å². The number of amides is 1. The van der Waals surface area contributed by atoms with Gasteiger partial charge in [0.15, 0.2) is 4.80 Å². The average Bonchev–Trinajstić information content (AvgIpc) is 3.63. The SMILES string of the molecule is CCOC(=O)c1ccc(Cn2cc(/C=c3\sc4n(c3=O)[C@@H](c3cccc(OC)c3)C(C(=O)Nc3ccccc3)=C(C)N=4)c3ccccc32)cc1.